The van der Waals surface area contributed by atoms with Crippen molar-refractivity contribution in [1.29, 1.82) is 0 Å². The summed E-state index contributed by atoms with van der Waals surface area (Å²) in [4.78, 5) is 0. The predicted octanol–water partition coefficient (Wildman–Crippen LogP) is -0.804. The summed E-state index contributed by atoms with van der Waals surface area (Å²) in [7, 11) is 5.25. The number of aliphatic hydroxyl groups is 2. The molecule has 0 aromatic carbocycles. The van der Waals surface area contributed by atoms with Gasteiger partial charge in [-0.2, -0.15) is 0 Å². The van der Waals surface area contributed by atoms with Crippen LogP contribution in [-0.2, 0) is 4.74 Å². The molecule has 3 aliphatic rings. The molecule has 3 rings (SSSR count). The fourth-order valence-corrected chi connectivity index (χ4v) is 2.86. The average molecular weight is 202 g/mol. The third-order valence-corrected chi connectivity index (χ3v) is 3.71. The number of ether oxygens (including phenoxy) is 1. The molecule has 2 aliphatic carbocycles. The summed E-state index contributed by atoms with van der Waals surface area (Å²) in [5.74, 6) is 0. The molecule has 3 nitrogen and oxygen atoms in total. The lowest BCUT2D eigenvalue weighted by Crippen LogP contribution is -2.47. The standard InChI is InChI=1S/C8H9BF2O3/c9-4-3(10)7(12)1-6(11)2-8(6,13)5(7)14-4/h3-5,12-13H,1-2H2/t3-,4+,5-,6-,7-,8-/m0/s1. The second kappa shape index (κ2) is 2.01. The molecule has 3 fully saturated rings. The minimum absolute atomic E-state index is 0.105. The van der Waals surface area contributed by atoms with E-state index in [1.807, 2.05) is 0 Å². The summed E-state index contributed by atoms with van der Waals surface area (Å²) in [5, 5.41) is 19.5. The van der Waals surface area contributed by atoms with Crippen LogP contribution in [0.3, 0.4) is 0 Å². The van der Waals surface area contributed by atoms with E-state index in [2.05, 4.69) is 0 Å². The molecular weight excluding hydrogens is 193 g/mol. The zero-order chi connectivity index (χ0) is 10.4. The average Bonchev–Trinajstić information content (AvgIpc) is 2.46. The van der Waals surface area contributed by atoms with Gasteiger partial charge < -0.3 is 14.9 Å². The van der Waals surface area contributed by atoms with Gasteiger partial charge in [-0.25, -0.2) is 8.78 Å². The van der Waals surface area contributed by atoms with E-state index in [1.165, 1.54) is 0 Å². The molecule has 0 spiro atoms. The Morgan fingerprint density at radius 2 is 2.00 bits per heavy atom. The van der Waals surface area contributed by atoms with Crippen LogP contribution < -0.4 is 0 Å². The third kappa shape index (κ3) is 0.687. The van der Waals surface area contributed by atoms with Crippen molar-refractivity contribution in [1.82, 2.24) is 0 Å². The minimum atomic E-state index is -1.96. The molecule has 0 aromatic rings. The number of alkyl halides is 2. The zero-order valence-electron chi connectivity index (χ0n) is 7.28. The van der Waals surface area contributed by atoms with Gasteiger partial charge in [0.15, 0.2) is 0 Å². The number of hydrogen-bond donors (Lipinski definition) is 2. The molecule has 1 heterocycles. The fourth-order valence-electron chi connectivity index (χ4n) is 2.86. The molecule has 0 unspecified atom stereocenters. The van der Waals surface area contributed by atoms with Crippen molar-refractivity contribution in [3.05, 3.63) is 0 Å². The summed E-state index contributed by atoms with van der Waals surface area (Å²) < 4.78 is 31.9. The van der Waals surface area contributed by atoms with Crippen molar-refractivity contribution >= 4 is 7.85 Å². The molecule has 0 aromatic heterocycles. The van der Waals surface area contributed by atoms with Crippen LogP contribution in [0.2, 0.25) is 0 Å². The maximum absolute atomic E-state index is 13.6. The first-order valence-corrected chi connectivity index (χ1v) is 4.52. The highest BCUT2D eigenvalue weighted by Crippen LogP contribution is 2.68. The summed E-state index contributed by atoms with van der Waals surface area (Å²) in [6, 6.07) is -1.28. The van der Waals surface area contributed by atoms with Gasteiger partial charge in [0.1, 0.15) is 37.0 Å². The van der Waals surface area contributed by atoms with Crippen molar-refractivity contribution in [2.75, 3.05) is 0 Å². The molecule has 2 radical (unpaired) electrons. The van der Waals surface area contributed by atoms with Gasteiger partial charge in [0.25, 0.3) is 0 Å². The van der Waals surface area contributed by atoms with E-state index >= 15 is 0 Å². The number of hydrogen-bond acceptors (Lipinski definition) is 3. The Labute approximate surface area is 80.5 Å². The van der Waals surface area contributed by atoms with Crippen LogP contribution in [0.1, 0.15) is 12.8 Å². The van der Waals surface area contributed by atoms with Crippen LogP contribution in [0.15, 0.2) is 0 Å². The van der Waals surface area contributed by atoms with Gasteiger partial charge in [0.2, 0.25) is 0 Å². The normalized spacial score (nSPS) is 70.4. The van der Waals surface area contributed by atoms with Crippen LogP contribution in [-0.4, -0.2) is 53.2 Å². The maximum Gasteiger partial charge on any atom is 0.149 e. The van der Waals surface area contributed by atoms with Crippen molar-refractivity contribution in [3.8, 4) is 0 Å². The van der Waals surface area contributed by atoms with Gasteiger partial charge >= 0.3 is 0 Å². The van der Waals surface area contributed by atoms with Crippen LogP contribution in [0.25, 0.3) is 0 Å². The van der Waals surface area contributed by atoms with Crippen LogP contribution in [0, 0.1) is 0 Å². The SMILES string of the molecule is [B][C@@H]1O[C@H]2[C@](O)(C[C@]3(F)C[C@]23O)[C@H]1F. The number of fused-ring (bicyclic) bond motifs is 3. The first-order valence-electron chi connectivity index (χ1n) is 4.52. The van der Waals surface area contributed by atoms with E-state index < -0.39 is 41.6 Å². The molecule has 2 saturated carbocycles. The van der Waals surface area contributed by atoms with E-state index in [1.54, 1.807) is 0 Å². The van der Waals surface area contributed by atoms with Gasteiger partial charge in [-0.3, -0.25) is 0 Å². The molecule has 0 bridgehead atoms. The fraction of sp³-hybridized carbons (Fsp3) is 1.00. The van der Waals surface area contributed by atoms with Gasteiger partial charge in [0.05, 0.1) is 6.00 Å². The predicted molar refractivity (Wildman–Crippen MR) is 42.3 cm³/mol. The number of rotatable bonds is 0. The largest absolute Gasteiger partial charge is 0.384 e. The van der Waals surface area contributed by atoms with Crippen LogP contribution in [0.5, 0.6) is 0 Å². The number of halogens is 2. The first kappa shape index (κ1) is 9.06. The van der Waals surface area contributed by atoms with E-state index in [0.29, 0.717) is 0 Å². The Morgan fingerprint density at radius 1 is 1.36 bits per heavy atom. The second-order valence-corrected chi connectivity index (χ2v) is 4.62. The maximum atomic E-state index is 13.6. The smallest absolute Gasteiger partial charge is 0.149 e. The Bertz CT molecular complexity index is 317. The van der Waals surface area contributed by atoms with Crippen LogP contribution >= 0.6 is 0 Å². The molecule has 6 heteroatoms. The van der Waals surface area contributed by atoms with Gasteiger partial charge in [-0.1, -0.05) is 0 Å². The van der Waals surface area contributed by atoms with Crippen molar-refractivity contribution in [3.63, 3.8) is 0 Å². The van der Waals surface area contributed by atoms with Crippen molar-refractivity contribution < 1.29 is 23.7 Å². The topological polar surface area (TPSA) is 49.7 Å². The van der Waals surface area contributed by atoms with Gasteiger partial charge in [-0.15, -0.1) is 0 Å². The highest BCUT2D eigenvalue weighted by atomic mass is 19.1. The molecule has 1 aliphatic heterocycles. The lowest BCUT2D eigenvalue weighted by molar-refractivity contribution is -0.0950. The molecule has 1 saturated heterocycles. The Balaban J connectivity index is 2.02. The van der Waals surface area contributed by atoms with E-state index in [9.17, 15) is 19.0 Å². The summed E-state index contributed by atoms with van der Waals surface area (Å²) >= 11 is 0. The quantitative estimate of drug-likeness (QED) is 0.505. The monoisotopic (exact) mass is 202 g/mol. The van der Waals surface area contributed by atoms with Crippen LogP contribution in [0.4, 0.5) is 8.78 Å². The third-order valence-electron chi connectivity index (χ3n) is 3.71. The minimum Gasteiger partial charge on any atom is -0.384 e. The highest BCUT2D eigenvalue weighted by Gasteiger charge is 2.86. The Hall–Kier alpha value is -0.195. The lowest BCUT2D eigenvalue weighted by Gasteiger charge is -2.26. The molecular formula is C8H9BF2O3. The molecule has 14 heavy (non-hydrogen) atoms. The van der Waals surface area contributed by atoms with Gasteiger partial charge in [0, 0.05) is 12.8 Å². The second-order valence-electron chi connectivity index (χ2n) is 4.62. The van der Waals surface area contributed by atoms with Crippen molar-refractivity contribution in [2.45, 2.75) is 48.0 Å². The zero-order valence-corrected chi connectivity index (χ0v) is 7.28. The van der Waals surface area contributed by atoms with E-state index in [-0.39, 0.29) is 6.42 Å². The van der Waals surface area contributed by atoms with Crippen molar-refractivity contribution in [2.24, 2.45) is 0 Å². The first-order chi connectivity index (χ1) is 6.33. The molecule has 0 amide bonds. The van der Waals surface area contributed by atoms with E-state index in [0.717, 1.165) is 0 Å². The molecule has 2 N–H and O–H groups in total. The highest BCUT2D eigenvalue weighted by molar-refractivity contribution is 6.11. The Kier molecular flexibility index (Phi) is 1.30. The lowest BCUT2D eigenvalue weighted by atomic mass is 9.84. The summed E-state index contributed by atoms with van der Waals surface area (Å²) in [6.07, 6.45) is -3.61. The molecule has 6 atom stereocenters. The molecule has 76 valence electrons. The van der Waals surface area contributed by atoms with E-state index in [4.69, 9.17) is 12.6 Å². The summed E-state index contributed by atoms with van der Waals surface area (Å²) in [6.45, 7) is 0. The summed E-state index contributed by atoms with van der Waals surface area (Å²) in [5.41, 5.74) is -5.59. The van der Waals surface area contributed by atoms with Gasteiger partial charge in [-0.05, 0) is 0 Å². The Morgan fingerprint density at radius 3 is 2.57 bits per heavy atom.